The molecule has 10 heteroatoms. The maximum Gasteiger partial charge on any atom is 0.408 e. The molecule has 1 N–H and O–H groups in total. The molecule has 0 spiro atoms. The number of thiophene rings is 1. The molecule has 1 amide bonds. The van der Waals surface area contributed by atoms with Crippen molar-refractivity contribution in [1.29, 1.82) is 0 Å². The lowest BCUT2D eigenvalue weighted by Crippen LogP contribution is -2.49. The van der Waals surface area contributed by atoms with E-state index in [9.17, 15) is 14.4 Å². The van der Waals surface area contributed by atoms with Crippen LogP contribution in [-0.2, 0) is 36.8 Å². The minimum Gasteiger partial charge on any atom is -0.461 e. The van der Waals surface area contributed by atoms with Crippen LogP contribution in [0, 0.1) is 6.92 Å². The molecule has 1 aromatic carbocycles. The molecule has 0 saturated heterocycles. The molecule has 0 aliphatic carbocycles. The molecule has 1 aliphatic rings. The number of benzene rings is 1. The fourth-order valence-electron chi connectivity index (χ4n) is 4.07. The van der Waals surface area contributed by atoms with E-state index in [-0.39, 0.29) is 0 Å². The van der Waals surface area contributed by atoms with Gasteiger partial charge in [-0.05, 0) is 83.5 Å². The molecule has 38 heavy (non-hydrogen) atoms. The van der Waals surface area contributed by atoms with E-state index in [1.807, 2.05) is 24.0 Å². The summed E-state index contributed by atoms with van der Waals surface area (Å²) >= 11 is 8.28. The van der Waals surface area contributed by atoms with Crippen LogP contribution in [0.25, 0.3) is 0 Å². The third kappa shape index (κ3) is 8.44. The van der Waals surface area contributed by atoms with Gasteiger partial charge in [-0.2, -0.15) is 0 Å². The molecular weight excluding hydrogens is 528 g/mol. The zero-order valence-electron chi connectivity index (χ0n) is 23.1. The number of hydrogen-bond donors (Lipinski definition) is 1. The van der Waals surface area contributed by atoms with Crippen LogP contribution in [0.15, 0.2) is 29.6 Å². The first-order chi connectivity index (χ1) is 17.6. The van der Waals surface area contributed by atoms with E-state index in [4.69, 9.17) is 25.8 Å². The van der Waals surface area contributed by atoms with Gasteiger partial charge in [0, 0.05) is 23.0 Å². The van der Waals surface area contributed by atoms with E-state index in [0.717, 1.165) is 12.0 Å². The summed E-state index contributed by atoms with van der Waals surface area (Å²) in [6.07, 6.45) is -0.00952. The molecule has 3 rings (SSSR count). The molecule has 0 radical (unpaired) electrons. The van der Waals surface area contributed by atoms with E-state index in [1.54, 1.807) is 58.9 Å². The molecule has 2 aromatic rings. The van der Waals surface area contributed by atoms with Crippen molar-refractivity contribution in [1.82, 2.24) is 10.2 Å². The molecular formula is C28H37ClN2O6S. The van der Waals surface area contributed by atoms with E-state index >= 15 is 0 Å². The Kier molecular flexibility index (Phi) is 9.49. The van der Waals surface area contributed by atoms with Gasteiger partial charge >= 0.3 is 18.0 Å². The van der Waals surface area contributed by atoms with Gasteiger partial charge in [-0.15, -0.1) is 11.3 Å². The van der Waals surface area contributed by atoms with Crippen LogP contribution in [0.4, 0.5) is 4.79 Å². The number of ether oxygens (including phenoxy) is 3. The van der Waals surface area contributed by atoms with E-state index in [1.165, 1.54) is 10.4 Å². The normalized spacial score (nSPS) is 15.7. The molecule has 0 saturated carbocycles. The summed E-state index contributed by atoms with van der Waals surface area (Å²) in [7, 11) is 0. The Bertz CT molecular complexity index is 1170. The van der Waals surface area contributed by atoms with Crippen LogP contribution in [0.3, 0.4) is 0 Å². The van der Waals surface area contributed by atoms with E-state index in [0.29, 0.717) is 23.7 Å². The number of nitrogens with one attached hydrogen (secondary N) is 1. The van der Waals surface area contributed by atoms with Gasteiger partial charge in [0.2, 0.25) is 0 Å². The second-order valence-electron chi connectivity index (χ2n) is 11.4. The third-order valence-electron chi connectivity index (χ3n) is 5.65. The zero-order valence-corrected chi connectivity index (χ0v) is 24.6. The topological polar surface area (TPSA) is 94.2 Å². The molecule has 208 valence electrons. The first kappa shape index (κ1) is 29.9. The predicted molar refractivity (Wildman–Crippen MR) is 147 cm³/mol. The Morgan fingerprint density at radius 3 is 2.39 bits per heavy atom. The highest BCUT2D eigenvalue weighted by Gasteiger charge is 2.36. The molecule has 1 aromatic heterocycles. The first-order valence-electron chi connectivity index (χ1n) is 12.6. The SMILES string of the molecule is Cc1ccc(Cl)c([C@@H](C(=O)OC[C@H](NC(=O)OC(C)(C)C)C(=O)OC(C)(C)C)N2CCc3sccc3C2)c1. The fraction of sp³-hybridized carbons (Fsp3) is 0.536. The molecule has 2 atom stereocenters. The first-order valence-corrected chi connectivity index (χ1v) is 13.8. The fourth-order valence-corrected chi connectivity index (χ4v) is 5.18. The Balaban J connectivity index is 1.84. The quantitative estimate of drug-likeness (QED) is 0.346. The zero-order chi connectivity index (χ0) is 28.3. The number of carbonyl (C=O) groups excluding carboxylic acids is 3. The maximum atomic E-state index is 13.7. The Labute approximate surface area is 233 Å². The number of hydrogen-bond acceptors (Lipinski definition) is 8. The number of halogens is 1. The van der Waals surface area contributed by atoms with Crippen LogP contribution < -0.4 is 5.32 Å². The molecule has 1 aliphatic heterocycles. The maximum absolute atomic E-state index is 13.7. The standard InChI is InChI=1S/C28H37ClN2O6S/c1-17-8-9-20(29)19(14-17)23(31-12-10-22-18(15-31)11-13-38-22)25(33)35-16-21(24(32)36-27(2,3)4)30-26(34)37-28(5,6)7/h8-9,11,13-14,21,23H,10,12,15-16H2,1-7H3,(H,30,34)/t21-,23-/m0/s1. The Morgan fingerprint density at radius 1 is 1.05 bits per heavy atom. The monoisotopic (exact) mass is 564 g/mol. The largest absolute Gasteiger partial charge is 0.461 e. The second kappa shape index (κ2) is 12.1. The van der Waals surface area contributed by atoms with Crippen LogP contribution in [0.5, 0.6) is 0 Å². The van der Waals surface area contributed by atoms with Crippen LogP contribution in [-0.4, -0.2) is 53.3 Å². The lowest BCUT2D eigenvalue weighted by molar-refractivity contribution is -0.162. The third-order valence-corrected chi connectivity index (χ3v) is 7.01. The average Bonchev–Trinajstić information content (AvgIpc) is 3.24. The highest BCUT2D eigenvalue weighted by molar-refractivity contribution is 7.10. The van der Waals surface area contributed by atoms with Gasteiger partial charge in [0.15, 0.2) is 6.04 Å². The van der Waals surface area contributed by atoms with Crippen molar-refractivity contribution >= 4 is 41.0 Å². The van der Waals surface area contributed by atoms with Crippen molar-refractivity contribution < 1.29 is 28.6 Å². The summed E-state index contributed by atoms with van der Waals surface area (Å²) in [5.74, 6) is -1.31. The van der Waals surface area contributed by atoms with Crippen molar-refractivity contribution in [3.8, 4) is 0 Å². The molecule has 0 fully saturated rings. The van der Waals surface area contributed by atoms with Crippen molar-refractivity contribution in [2.75, 3.05) is 13.2 Å². The Hall–Kier alpha value is -2.62. The summed E-state index contributed by atoms with van der Waals surface area (Å²) in [6, 6.07) is 5.53. The number of aryl methyl sites for hydroxylation is 1. The van der Waals surface area contributed by atoms with Gasteiger partial charge in [-0.25, -0.2) is 14.4 Å². The van der Waals surface area contributed by atoms with Crippen molar-refractivity contribution in [3.05, 3.63) is 56.2 Å². The number of alkyl carbamates (subject to hydrolysis) is 1. The minimum absolute atomic E-state index is 0.426. The number of esters is 2. The van der Waals surface area contributed by atoms with Gasteiger partial charge in [-0.3, -0.25) is 4.90 Å². The summed E-state index contributed by atoms with van der Waals surface area (Å²) in [4.78, 5) is 42.4. The highest BCUT2D eigenvalue weighted by atomic mass is 35.5. The number of nitrogens with zero attached hydrogens (tertiary/aromatic N) is 1. The van der Waals surface area contributed by atoms with Gasteiger partial charge in [0.05, 0.1) is 0 Å². The van der Waals surface area contributed by atoms with Gasteiger partial charge in [0.25, 0.3) is 0 Å². The average molecular weight is 565 g/mol. The number of rotatable bonds is 7. The molecule has 8 nitrogen and oxygen atoms in total. The van der Waals surface area contributed by atoms with Crippen LogP contribution in [0.2, 0.25) is 5.02 Å². The predicted octanol–water partition coefficient (Wildman–Crippen LogP) is 5.59. The highest BCUT2D eigenvalue weighted by Crippen LogP contribution is 2.34. The number of amides is 1. The van der Waals surface area contributed by atoms with E-state index < -0.39 is 47.9 Å². The van der Waals surface area contributed by atoms with E-state index in [2.05, 4.69) is 16.8 Å². The van der Waals surface area contributed by atoms with Crippen molar-refractivity contribution in [2.24, 2.45) is 0 Å². The summed E-state index contributed by atoms with van der Waals surface area (Å²) < 4.78 is 16.5. The van der Waals surface area contributed by atoms with Crippen LogP contribution in [0.1, 0.15) is 69.2 Å². The summed E-state index contributed by atoms with van der Waals surface area (Å²) in [5.41, 5.74) is 1.17. The summed E-state index contributed by atoms with van der Waals surface area (Å²) in [5, 5.41) is 4.99. The molecule has 0 unspecified atom stereocenters. The smallest absolute Gasteiger partial charge is 0.408 e. The lowest BCUT2D eigenvalue weighted by Gasteiger charge is -2.34. The summed E-state index contributed by atoms with van der Waals surface area (Å²) in [6.45, 7) is 13.0. The minimum atomic E-state index is -1.26. The number of fused-ring (bicyclic) bond motifs is 1. The van der Waals surface area contributed by atoms with Gasteiger partial charge in [-0.1, -0.05) is 29.3 Å². The Morgan fingerprint density at radius 2 is 1.74 bits per heavy atom. The molecule has 2 heterocycles. The molecule has 0 bridgehead atoms. The van der Waals surface area contributed by atoms with Crippen molar-refractivity contribution in [2.45, 2.75) is 84.7 Å². The number of carbonyl (C=O) groups is 3. The van der Waals surface area contributed by atoms with Crippen molar-refractivity contribution in [3.63, 3.8) is 0 Å². The second-order valence-corrected chi connectivity index (χ2v) is 12.8. The van der Waals surface area contributed by atoms with Gasteiger partial charge in [0.1, 0.15) is 23.9 Å². The van der Waals surface area contributed by atoms with Crippen LogP contribution >= 0.6 is 22.9 Å². The van der Waals surface area contributed by atoms with Gasteiger partial charge < -0.3 is 19.5 Å². The lowest BCUT2D eigenvalue weighted by atomic mass is 9.99.